The van der Waals surface area contributed by atoms with Crippen molar-refractivity contribution in [1.82, 2.24) is 10.3 Å². The van der Waals surface area contributed by atoms with Gasteiger partial charge in [-0.1, -0.05) is 6.07 Å². The van der Waals surface area contributed by atoms with E-state index >= 15 is 0 Å². The number of aromatic nitrogens is 1. The van der Waals surface area contributed by atoms with Crippen LogP contribution >= 0.6 is 0 Å². The van der Waals surface area contributed by atoms with E-state index in [4.69, 9.17) is 14.2 Å². The van der Waals surface area contributed by atoms with Gasteiger partial charge < -0.3 is 24.5 Å². The number of aryl methyl sites for hydroxylation is 1. The number of fused-ring (bicyclic) bond motifs is 1. The van der Waals surface area contributed by atoms with Crippen LogP contribution in [0.4, 0.5) is 4.39 Å². The Hall–Kier alpha value is -3.06. The van der Waals surface area contributed by atoms with Gasteiger partial charge in [0.1, 0.15) is 12.4 Å². The third-order valence-corrected chi connectivity index (χ3v) is 5.59. The van der Waals surface area contributed by atoms with E-state index in [0.29, 0.717) is 24.7 Å². The van der Waals surface area contributed by atoms with Crippen molar-refractivity contribution in [2.24, 2.45) is 0 Å². The molecule has 1 fully saturated rings. The Labute approximate surface area is 180 Å². The smallest absolute Gasteiger partial charge is 0.224 e. The van der Waals surface area contributed by atoms with E-state index in [9.17, 15) is 9.18 Å². The molecule has 1 amide bonds. The molecular weight excluding hydrogens is 399 g/mol. The van der Waals surface area contributed by atoms with Gasteiger partial charge in [0.15, 0.2) is 11.5 Å². The molecule has 0 bridgehead atoms. The highest BCUT2D eigenvalue weighted by Gasteiger charge is 2.17. The van der Waals surface area contributed by atoms with Crippen molar-refractivity contribution in [3.05, 3.63) is 59.0 Å². The summed E-state index contributed by atoms with van der Waals surface area (Å²) in [5.41, 5.74) is 3.40. The van der Waals surface area contributed by atoms with Gasteiger partial charge in [-0.15, -0.1) is 0 Å². The lowest BCUT2D eigenvalue weighted by atomic mass is 10.1. The van der Waals surface area contributed by atoms with Crippen molar-refractivity contribution in [3.63, 3.8) is 0 Å². The minimum Gasteiger partial charge on any atom is -0.493 e. The molecule has 7 heteroatoms. The molecule has 0 radical (unpaired) electrons. The first-order valence-electron chi connectivity index (χ1n) is 10.5. The van der Waals surface area contributed by atoms with E-state index in [0.717, 1.165) is 47.2 Å². The minimum absolute atomic E-state index is 0.130. The van der Waals surface area contributed by atoms with Gasteiger partial charge in [0.2, 0.25) is 5.91 Å². The Balaban J connectivity index is 1.37. The molecule has 31 heavy (non-hydrogen) atoms. The SMILES string of the molecule is COc1cc(CNC(=O)Cc2c(C)[nH]c3ccc(F)cc23)ccc1OCC1CCCO1. The zero-order chi connectivity index (χ0) is 21.8. The van der Waals surface area contributed by atoms with E-state index in [1.54, 1.807) is 13.2 Å². The van der Waals surface area contributed by atoms with Crippen LogP contribution in [-0.4, -0.2) is 37.3 Å². The lowest BCUT2D eigenvalue weighted by molar-refractivity contribution is -0.120. The number of H-pyrrole nitrogens is 1. The first-order valence-corrected chi connectivity index (χ1v) is 10.5. The molecule has 0 spiro atoms. The van der Waals surface area contributed by atoms with Crippen LogP contribution in [0.1, 0.15) is 29.7 Å². The van der Waals surface area contributed by atoms with Gasteiger partial charge in [-0.2, -0.15) is 0 Å². The fourth-order valence-electron chi connectivity index (χ4n) is 3.91. The lowest BCUT2D eigenvalue weighted by Crippen LogP contribution is -2.24. The zero-order valence-electron chi connectivity index (χ0n) is 17.8. The Bertz CT molecular complexity index is 1070. The average Bonchev–Trinajstić information content (AvgIpc) is 3.39. The highest BCUT2D eigenvalue weighted by Crippen LogP contribution is 2.29. The van der Waals surface area contributed by atoms with Gasteiger partial charge >= 0.3 is 0 Å². The second-order valence-corrected chi connectivity index (χ2v) is 7.80. The molecule has 2 heterocycles. The molecule has 1 aliphatic heterocycles. The van der Waals surface area contributed by atoms with Crippen LogP contribution in [0.3, 0.4) is 0 Å². The molecule has 6 nitrogen and oxygen atoms in total. The molecule has 1 atom stereocenters. The molecular formula is C24H27FN2O4. The minimum atomic E-state index is -0.318. The van der Waals surface area contributed by atoms with Gasteiger partial charge in [-0.25, -0.2) is 4.39 Å². The van der Waals surface area contributed by atoms with E-state index < -0.39 is 0 Å². The Morgan fingerprint density at radius 3 is 2.90 bits per heavy atom. The van der Waals surface area contributed by atoms with E-state index in [2.05, 4.69) is 10.3 Å². The monoisotopic (exact) mass is 426 g/mol. The summed E-state index contributed by atoms with van der Waals surface area (Å²) in [6.07, 6.45) is 2.38. The summed E-state index contributed by atoms with van der Waals surface area (Å²) < 4.78 is 30.5. The average molecular weight is 426 g/mol. The number of benzene rings is 2. The Morgan fingerprint density at radius 2 is 2.13 bits per heavy atom. The topological polar surface area (TPSA) is 72.6 Å². The number of hydrogen-bond acceptors (Lipinski definition) is 4. The molecule has 1 unspecified atom stereocenters. The summed E-state index contributed by atoms with van der Waals surface area (Å²) in [6, 6.07) is 10.2. The van der Waals surface area contributed by atoms with E-state index in [1.165, 1.54) is 12.1 Å². The van der Waals surface area contributed by atoms with Gasteiger partial charge in [0, 0.05) is 29.7 Å². The van der Waals surface area contributed by atoms with Gasteiger partial charge in [-0.3, -0.25) is 4.79 Å². The molecule has 2 N–H and O–H groups in total. The number of carbonyl (C=O) groups is 1. The maximum Gasteiger partial charge on any atom is 0.224 e. The number of rotatable bonds is 8. The molecule has 164 valence electrons. The van der Waals surface area contributed by atoms with Crippen LogP contribution in [0.25, 0.3) is 10.9 Å². The second kappa shape index (κ2) is 9.39. The van der Waals surface area contributed by atoms with Gasteiger partial charge in [-0.05, 0) is 61.2 Å². The molecule has 0 saturated carbocycles. The molecule has 1 aromatic heterocycles. The van der Waals surface area contributed by atoms with Crippen LogP contribution in [0.5, 0.6) is 11.5 Å². The van der Waals surface area contributed by atoms with Crippen molar-refractivity contribution in [1.29, 1.82) is 0 Å². The van der Waals surface area contributed by atoms with Crippen LogP contribution in [0.15, 0.2) is 36.4 Å². The molecule has 1 aliphatic rings. The highest BCUT2D eigenvalue weighted by molar-refractivity contribution is 5.90. The predicted octanol–water partition coefficient (Wildman–Crippen LogP) is 4.04. The van der Waals surface area contributed by atoms with Crippen LogP contribution < -0.4 is 14.8 Å². The molecule has 3 aromatic rings. The summed E-state index contributed by atoms with van der Waals surface area (Å²) in [7, 11) is 1.59. The molecule has 1 saturated heterocycles. The zero-order valence-corrected chi connectivity index (χ0v) is 17.8. The number of carbonyl (C=O) groups excluding carboxylic acids is 1. The number of ether oxygens (including phenoxy) is 3. The summed E-state index contributed by atoms with van der Waals surface area (Å²) in [5, 5.41) is 3.67. The first kappa shape index (κ1) is 21.2. The highest BCUT2D eigenvalue weighted by atomic mass is 19.1. The quantitative estimate of drug-likeness (QED) is 0.570. The normalized spacial score (nSPS) is 15.9. The third-order valence-electron chi connectivity index (χ3n) is 5.59. The third kappa shape index (κ3) is 4.99. The van der Waals surface area contributed by atoms with Gasteiger partial charge in [0.05, 0.1) is 19.6 Å². The molecule has 2 aromatic carbocycles. The Kier molecular flexibility index (Phi) is 6.42. The van der Waals surface area contributed by atoms with E-state index in [1.807, 2.05) is 25.1 Å². The first-order chi connectivity index (χ1) is 15.0. The number of nitrogens with one attached hydrogen (secondary N) is 2. The summed E-state index contributed by atoms with van der Waals surface area (Å²) in [5.74, 6) is 0.824. The number of halogens is 1. The van der Waals surface area contributed by atoms with Crippen molar-refractivity contribution in [2.45, 2.75) is 38.8 Å². The summed E-state index contributed by atoms with van der Waals surface area (Å²) in [4.78, 5) is 15.7. The predicted molar refractivity (Wildman–Crippen MR) is 116 cm³/mol. The number of amides is 1. The van der Waals surface area contributed by atoms with Crippen molar-refractivity contribution in [2.75, 3.05) is 20.3 Å². The number of hydrogen-bond donors (Lipinski definition) is 2. The standard InChI is InChI=1S/C24H27FN2O4/c1-15-19(20-11-17(25)6-7-21(20)27-15)12-24(28)26-13-16-5-8-22(23(10-16)29-2)31-14-18-4-3-9-30-18/h5-8,10-11,18,27H,3-4,9,12-14H2,1-2H3,(H,26,28). The summed E-state index contributed by atoms with van der Waals surface area (Å²) in [6.45, 7) is 3.53. The second-order valence-electron chi connectivity index (χ2n) is 7.80. The van der Waals surface area contributed by atoms with E-state index in [-0.39, 0.29) is 24.2 Å². The number of methoxy groups -OCH3 is 1. The fraction of sp³-hybridized carbons (Fsp3) is 0.375. The fourth-order valence-corrected chi connectivity index (χ4v) is 3.91. The van der Waals surface area contributed by atoms with Crippen LogP contribution in [0, 0.1) is 12.7 Å². The van der Waals surface area contributed by atoms with Crippen molar-refractivity contribution >= 4 is 16.8 Å². The lowest BCUT2D eigenvalue weighted by Gasteiger charge is -2.15. The molecule has 0 aliphatic carbocycles. The van der Waals surface area contributed by atoms with Crippen LogP contribution in [0.2, 0.25) is 0 Å². The Morgan fingerprint density at radius 1 is 1.26 bits per heavy atom. The largest absolute Gasteiger partial charge is 0.493 e. The number of aromatic amines is 1. The maximum atomic E-state index is 13.6. The van der Waals surface area contributed by atoms with Crippen LogP contribution in [-0.2, 0) is 22.5 Å². The van der Waals surface area contributed by atoms with Crippen molar-refractivity contribution in [3.8, 4) is 11.5 Å². The van der Waals surface area contributed by atoms with Crippen molar-refractivity contribution < 1.29 is 23.4 Å². The maximum absolute atomic E-state index is 13.6. The molecule has 4 rings (SSSR count). The summed E-state index contributed by atoms with van der Waals surface area (Å²) >= 11 is 0. The van der Waals surface area contributed by atoms with Gasteiger partial charge in [0.25, 0.3) is 0 Å².